The fourth-order valence-corrected chi connectivity index (χ4v) is 5.35. The molecule has 8 nitrogen and oxygen atoms in total. The molecule has 2 aromatic carbocycles. The molecule has 170 valence electrons. The first-order valence-electron chi connectivity index (χ1n) is 10.7. The summed E-state index contributed by atoms with van der Waals surface area (Å²) >= 11 is 7.50. The highest BCUT2D eigenvalue weighted by Gasteiger charge is 2.16. The minimum Gasteiger partial charge on any atom is -0.385 e. The SMILES string of the molecule is COCCCn1c(=O)c2ccccc2n2c(=S)n(CN(C)Cc3nc4ccccc4s3)nc12. The van der Waals surface area contributed by atoms with Crippen molar-refractivity contribution in [3.05, 3.63) is 68.7 Å². The minimum atomic E-state index is -0.0656. The van der Waals surface area contributed by atoms with Crippen LogP contribution in [0.1, 0.15) is 11.4 Å². The fourth-order valence-electron chi connectivity index (χ4n) is 4.03. The minimum absolute atomic E-state index is 0.0656. The van der Waals surface area contributed by atoms with E-state index in [9.17, 15) is 4.79 Å². The Kier molecular flexibility index (Phi) is 6.07. The molecule has 0 aliphatic rings. The molecule has 0 saturated carbocycles. The van der Waals surface area contributed by atoms with E-state index in [0.717, 1.165) is 16.0 Å². The van der Waals surface area contributed by atoms with Gasteiger partial charge in [-0.2, -0.15) is 0 Å². The van der Waals surface area contributed by atoms with Gasteiger partial charge in [-0.25, -0.2) is 9.67 Å². The third-order valence-electron chi connectivity index (χ3n) is 5.53. The van der Waals surface area contributed by atoms with Gasteiger partial charge in [-0.1, -0.05) is 24.3 Å². The van der Waals surface area contributed by atoms with Crippen molar-refractivity contribution in [3.8, 4) is 0 Å². The Bertz CT molecular complexity index is 1530. The average molecular weight is 481 g/mol. The Hall–Kier alpha value is -2.92. The number of thiazole rings is 1. The van der Waals surface area contributed by atoms with E-state index < -0.39 is 0 Å². The summed E-state index contributed by atoms with van der Waals surface area (Å²) in [6.07, 6.45) is 0.710. The third-order valence-corrected chi connectivity index (χ3v) is 6.95. The number of nitrogens with zero attached hydrogens (tertiary/aromatic N) is 6. The molecule has 0 amide bonds. The van der Waals surface area contributed by atoms with Gasteiger partial charge in [-0.15, -0.1) is 16.4 Å². The zero-order valence-corrected chi connectivity index (χ0v) is 20.1. The van der Waals surface area contributed by atoms with Crippen LogP contribution in [0.2, 0.25) is 0 Å². The molecule has 0 bridgehead atoms. The van der Waals surface area contributed by atoms with Crippen LogP contribution in [0.5, 0.6) is 0 Å². The molecule has 0 atom stereocenters. The van der Waals surface area contributed by atoms with Crippen LogP contribution in [0.4, 0.5) is 0 Å². The van der Waals surface area contributed by atoms with Gasteiger partial charge >= 0.3 is 0 Å². The Morgan fingerprint density at radius 1 is 1.15 bits per heavy atom. The summed E-state index contributed by atoms with van der Waals surface area (Å²) < 4.78 is 12.3. The lowest BCUT2D eigenvalue weighted by Crippen LogP contribution is -2.24. The summed E-state index contributed by atoms with van der Waals surface area (Å²) in [5.74, 6) is 0.549. The molecule has 0 N–H and O–H groups in total. The summed E-state index contributed by atoms with van der Waals surface area (Å²) in [6, 6.07) is 15.7. The number of fused-ring (bicyclic) bond motifs is 4. The van der Waals surface area contributed by atoms with Crippen molar-refractivity contribution in [3.63, 3.8) is 0 Å². The van der Waals surface area contributed by atoms with Crippen LogP contribution in [-0.2, 0) is 24.5 Å². The van der Waals surface area contributed by atoms with E-state index in [1.54, 1.807) is 27.7 Å². The molecule has 33 heavy (non-hydrogen) atoms. The molecule has 3 heterocycles. The summed E-state index contributed by atoms with van der Waals surface area (Å²) in [4.78, 5) is 20.1. The van der Waals surface area contributed by atoms with E-state index in [-0.39, 0.29) is 5.56 Å². The maximum Gasteiger partial charge on any atom is 0.262 e. The predicted molar refractivity (Wildman–Crippen MR) is 133 cm³/mol. The zero-order valence-electron chi connectivity index (χ0n) is 18.5. The molecule has 0 radical (unpaired) electrons. The molecule has 10 heteroatoms. The fraction of sp³-hybridized carbons (Fsp3) is 0.304. The van der Waals surface area contributed by atoms with Gasteiger partial charge in [-0.3, -0.25) is 18.7 Å². The van der Waals surface area contributed by atoms with Crippen LogP contribution in [0.3, 0.4) is 0 Å². The first-order valence-corrected chi connectivity index (χ1v) is 11.9. The number of aromatic nitrogens is 5. The van der Waals surface area contributed by atoms with Crippen molar-refractivity contribution in [2.24, 2.45) is 0 Å². The van der Waals surface area contributed by atoms with Gasteiger partial charge in [0.05, 0.1) is 34.3 Å². The number of hydrogen-bond donors (Lipinski definition) is 0. The summed E-state index contributed by atoms with van der Waals surface area (Å²) in [5.41, 5.74) is 1.72. The second kappa shape index (κ2) is 9.14. The van der Waals surface area contributed by atoms with Crippen molar-refractivity contribution < 1.29 is 4.74 Å². The van der Waals surface area contributed by atoms with E-state index >= 15 is 0 Å². The summed E-state index contributed by atoms with van der Waals surface area (Å²) in [7, 11) is 3.67. The van der Waals surface area contributed by atoms with Gasteiger partial charge in [0.2, 0.25) is 10.5 Å². The topological polar surface area (TPSA) is 69.6 Å². The number of rotatable bonds is 8. The highest BCUT2D eigenvalue weighted by atomic mass is 32.1. The van der Waals surface area contributed by atoms with Crippen LogP contribution in [0.25, 0.3) is 26.9 Å². The van der Waals surface area contributed by atoms with Crippen LogP contribution < -0.4 is 5.56 Å². The first-order chi connectivity index (χ1) is 16.1. The van der Waals surface area contributed by atoms with Crippen LogP contribution in [0, 0.1) is 4.77 Å². The van der Waals surface area contributed by atoms with E-state index in [2.05, 4.69) is 11.0 Å². The van der Waals surface area contributed by atoms with Crippen LogP contribution >= 0.6 is 23.6 Å². The Labute approximate surface area is 199 Å². The summed E-state index contributed by atoms with van der Waals surface area (Å²) in [6.45, 7) is 2.24. The normalized spacial score (nSPS) is 12.0. The van der Waals surface area contributed by atoms with E-state index in [0.29, 0.717) is 48.7 Å². The van der Waals surface area contributed by atoms with Crippen molar-refractivity contribution >= 4 is 50.5 Å². The van der Waals surface area contributed by atoms with Gasteiger partial charge in [0, 0.05) is 20.3 Å². The van der Waals surface area contributed by atoms with Crippen molar-refractivity contribution in [1.82, 2.24) is 28.6 Å². The highest BCUT2D eigenvalue weighted by Crippen LogP contribution is 2.22. The largest absolute Gasteiger partial charge is 0.385 e. The molecule has 0 saturated heterocycles. The quantitative estimate of drug-likeness (QED) is 0.248. The number of benzene rings is 2. The van der Waals surface area contributed by atoms with Crippen LogP contribution in [0.15, 0.2) is 53.3 Å². The van der Waals surface area contributed by atoms with Crippen molar-refractivity contribution in [1.29, 1.82) is 0 Å². The molecular formula is C23H24N6O2S2. The van der Waals surface area contributed by atoms with Gasteiger partial charge < -0.3 is 4.74 Å². The number of methoxy groups -OCH3 is 1. The molecule has 5 rings (SSSR count). The molecular weight excluding hydrogens is 456 g/mol. The van der Waals surface area contributed by atoms with E-state index in [1.807, 2.05) is 53.9 Å². The molecule has 0 fully saturated rings. The smallest absolute Gasteiger partial charge is 0.262 e. The molecule has 0 unspecified atom stereocenters. The van der Waals surface area contributed by atoms with E-state index in [4.69, 9.17) is 27.0 Å². The third kappa shape index (κ3) is 4.10. The monoisotopic (exact) mass is 480 g/mol. The maximum absolute atomic E-state index is 13.2. The molecule has 3 aromatic heterocycles. The van der Waals surface area contributed by atoms with Gasteiger partial charge in [0.1, 0.15) is 5.01 Å². The Morgan fingerprint density at radius 2 is 1.94 bits per heavy atom. The Morgan fingerprint density at radius 3 is 2.76 bits per heavy atom. The second-order valence-electron chi connectivity index (χ2n) is 7.97. The highest BCUT2D eigenvalue weighted by molar-refractivity contribution is 7.71. The van der Waals surface area contributed by atoms with Crippen molar-refractivity contribution in [2.45, 2.75) is 26.2 Å². The lowest BCUT2D eigenvalue weighted by atomic mass is 10.2. The standard InChI is InChI=1S/C23H24N6O2S2/c1-26(14-20-24-17-9-4-6-11-19(17)33-20)15-28-23(32)29-18-10-5-3-8-16(18)21(30)27(22(29)25-28)12-7-13-31-2/h3-6,8-11H,7,12-15H2,1-2H3. The van der Waals surface area contributed by atoms with Crippen LogP contribution in [-0.4, -0.2) is 49.4 Å². The first kappa shape index (κ1) is 21.9. The van der Waals surface area contributed by atoms with E-state index in [1.165, 1.54) is 4.70 Å². The summed E-state index contributed by atoms with van der Waals surface area (Å²) in [5, 5.41) is 6.43. The lowest BCUT2D eigenvalue weighted by Gasteiger charge is -2.14. The molecule has 0 spiro atoms. The Balaban J connectivity index is 1.52. The molecule has 5 aromatic rings. The number of aryl methyl sites for hydroxylation is 1. The van der Waals surface area contributed by atoms with Gasteiger partial charge in [0.25, 0.3) is 5.56 Å². The van der Waals surface area contributed by atoms with Gasteiger partial charge in [0.15, 0.2) is 0 Å². The predicted octanol–water partition coefficient (Wildman–Crippen LogP) is 3.92. The van der Waals surface area contributed by atoms with Gasteiger partial charge in [-0.05, 0) is 50.0 Å². The molecule has 0 aliphatic heterocycles. The zero-order chi connectivity index (χ0) is 22.9. The second-order valence-corrected chi connectivity index (χ2v) is 9.45. The number of hydrogen-bond acceptors (Lipinski definition) is 7. The van der Waals surface area contributed by atoms with Crippen molar-refractivity contribution in [2.75, 3.05) is 20.8 Å². The number of para-hydroxylation sites is 2. The lowest BCUT2D eigenvalue weighted by molar-refractivity contribution is 0.190. The average Bonchev–Trinajstić information content (AvgIpc) is 3.36. The maximum atomic E-state index is 13.2. The molecule has 0 aliphatic carbocycles. The number of ether oxygens (including phenoxy) is 1.